The quantitative estimate of drug-likeness (QED) is 0.519. The lowest BCUT2D eigenvalue weighted by molar-refractivity contribution is -0.593. The van der Waals surface area contributed by atoms with Crippen LogP contribution >= 0.6 is 0 Å². The van der Waals surface area contributed by atoms with Crippen molar-refractivity contribution in [2.75, 3.05) is 6.61 Å². The molecule has 1 aromatic rings. The van der Waals surface area contributed by atoms with Crippen LogP contribution in [0.1, 0.15) is 57.4 Å². The van der Waals surface area contributed by atoms with Gasteiger partial charge in [0, 0.05) is 19.4 Å². The van der Waals surface area contributed by atoms with Crippen molar-refractivity contribution in [2.24, 2.45) is 0 Å². The van der Waals surface area contributed by atoms with E-state index in [0.29, 0.717) is 12.1 Å². The van der Waals surface area contributed by atoms with Gasteiger partial charge in [-0.1, -0.05) is 30.3 Å². The molecule has 0 bridgehead atoms. The van der Waals surface area contributed by atoms with Crippen LogP contribution in [0, 0.1) is 0 Å². The monoisotopic (exact) mass is 377 g/mol. The van der Waals surface area contributed by atoms with Gasteiger partial charge in [-0.25, -0.2) is 0 Å². The molecule has 0 aliphatic carbocycles. The molecule has 0 spiro atoms. The molecule has 4 atom stereocenters. The van der Waals surface area contributed by atoms with Gasteiger partial charge in [-0.15, -0.1) is 0 Å². The number of hydrogen-bond acceptors (Lipinski definition) is 3. The Labute approximate surface area is 163 Å². The van der Waals surface area contributed by atoms with Crippen molar-refractivity contribution in [3.63, 3.8) is 0 Å². The predicted octanol–water partition coefficient (Wildman–Crippen LogP) is 0.0207. The molecule has 3 heterocycles. The lowest BCUT2D eigenvalue weighted by Crippen LogP contribution is -3.00. The van der Waals surface area contributed by atoms with E-state index < -0.39 is 0 Å². The molecule has 3 aliphatic rings. The molecule has 5 heteroatoms. The van der Waals surface area contributed by atoms with E-state index in [2.05, 4.69) is 46.4 Å². The number of hydrogen-bond donors (Lipinski definition) is 2. The summed E-state index contributed by atoms with van der Waals surface area (Å²) in [6.45, 7) is 3.92. The van der Waals surface area contributed by atoms with Crippen molar-refractivity contribution in [3.8, 4) is 0 Å². The fraction of sp³-hybridized carbons (Fsp3) is 0.667. The van der Waals surface area contributed by atoms with Crippen LogP contribution in [-0.2, 0) is 11.3 Å². The molecule has 3 aliphatic heterocycles. The summed E-state index contributed by atoms with van der Waals surface area (Å²) < 4.78 is 8.46. The molecule has 4 rings (SSSR count). The standard InChI is InChI=1S/C21H31N3O.ClH/c1-16-13-19-10-11-20-14-18(23-21(22-16)24(19)20)9-5-6-12-25-15-17-7-3-2-4-8-17;/h2-4,7-8,16,18-20H,5-6,9-15H2,1H3,(H,22,23);1H/t16-,18+,19+,20-;/m1./s1. The number of benzene rings is 1. The second-order valence-corrected chi connectivity index (χ2v) is 8.03. The number of nitrogens with one attached hydrogen (secondary N) is 2. The van der Waals surface area contributed by atoms with E-state index >= 15 is 0 Å². The van der Waals surface area contributed by atoms with Gasteiger partial charge in [-0.2, -0.15) is 0 Å². The van der Waals surface area contributed by atoms with E-state index in [1.165, 1.54) is 50.0 Å². The third-order valence-corrected chi connectivity index (χ3v) is 5.99. The van der Waals surface area contributed by atoms with Gasteiger partial charge in [-0.05, 0) is 44.6 Å². The lowest BCUT2D eigenvalue weighted by atomic mass is 9.99. The van der Waals surface area contributed by atoms with Gasteiger partial charge >= 0.3 is 5.96 Å². The number of nitrogens with zero attached hydrogens (tertiary/aromatic N) is 1. The maximum Gasteiger partial charge on any atom is 0.346 e. The molecule has 1 saturated heterocycles. The van der Waals surface area contributed by atoms with Crippen LogP contribution in [0.25, 0.3) is 0 Å². The summed E-state index contributed by atoms with van der Waals surface area (Å²) in [6.07, 6.45) is 9.00. The number of guanidine groups is 1. The number of unbranched alkanes of at least 4 members (excludes halogenated alkanes) is 1. The number of ether oxygens (including phenoxy) is 1. The molecule has 4 nitrogen and oxygen atoms in total. The minimum atomic E-state index is 0. The van der Waals surface area contributed by atoms with E-state index in [9.17, 15) is 0 Å². The van der Waals surface area contributed by atoms with E-state index in [1.54, 1.807) is 0 Å². The summed E-state index contributed by atoms with van der Waals surface area (Å²) in [5.74, 6) is 1.32. The van der Waals surface area contributed by atoms with Crippen LogP contribution in [-0.4, -0.2) is 41.3 Å². The molecule has 2 N–H and O–H groups in total. The highest BCUT2D eigenvalue weighted by atomic mass is 35.5. The van der Waals surface area contributed by atoms with E-state index in [-0.39, 0.29) is 12.4 Å². The average Bonchev–Trinajstić information content (AvgIpc) is 3.02. The Bertz CT molecular complexity index is 607. The highest BCUT2D eigenvalue weighted by molar-refractivity contribution is 5.76. The highest BCUT2D eigenvalue weighted by Gasteiger charge is 2.44. The SMILES string of the molecule is C[C@@H]1C[C@@H]2CC[C@@H]3C[C@H](CCCCOCc4ccccc4)NC(=[N+]32)N1.[Cl-]. The van der Waals surface area contributed by atoms with Gasteiger partial charge in [0.2, 0.25) is 0 Å². The first-order valence-corrected chi connectivity index (χ1v) is 10.1. The molecule has 0 aromatic heterocycles. The van der Waals surface area contributed by atoms with Crippen molar-refractivity contribution in [3.05, 3.63) is 35.9 Å². The third kappa shape index (κ3) is 4.52. The topological polar surface area (TPSA) is 36.3 Å². The van der Waals surface area contributed by atoms with E-state index in [4.69, 9.17) is 4.74 Å². The molecule has 144 valence electrons. The maximum absolute atomic E-state index is 5.81. The molecule has 1 aromatic carbocycles. The fourth-order valence-corrected chi connectivity index (χ4v) is 4.81. The second-order valence-electron chi connectivity index (χ2n) is 8.03. The van der Waals surface area contributed by atoms with Gasteiger partial charge < -0.3 is 17.1 Å². The summed E-state index contributed by atoms with van der Waals surface area (Å²) in [5, 5.41) is 7.48. The number of rotatable bonds is 7. The van der Waals surface area contributed by atoms with Crippen molar-refractivity contribution in [1.29, 1.82) is 0 Å². The summed E-state index contributed by atoms with van der Waals surface area (Å²) >= 11 is 0. The van der Waals surface area contributed by atoms with Crippen molar-refractivity contribution in [2.45, 2.75) is 82.6 Å². The first kappa shape index (κ1) is 19.5. The van der Waals surface area contributed by atoms with Crippen LogP contribution < -0.4 is 23.0 Å². The lowest BCUT2D eigenvalue weighted by Gasteiger charge is -2.35. The molecule has 1 fully saturated rings. The van der Waals surface area contributed by atoms with Crippen LogP contribution in [0.5, 0.6) is 0 Å². The Hall–Kier alpha value is -1.26. The molecule has 26 heavy (non-hydrogen) atoms. The fourth-order valence-electron chi connectivity index (χ4n) is 4.81. The minimum absolute atomic E-state index is 0. The smallest absolute Gasteiger partial charge is 0.346 e. The van der Waals surface area contributed by atoms with Crippen molar-refractivity contribution in [1.82, 2.24) is 10.6 Å². The molecular formula is C21H32ClN3O. The van der Waals surface area contributed by atoms with Crippen LogP contribution in [0.2, 0.25) is 0 Å². The first-order valence-electron chi connectivity index (χ1n) is 10.1. The summed E-state index contributed by atoms with van der Waals surface area (Å²) in [6, 6.07) is 13.2. The van der Waals surface area contributed by atoms with Crippen LogP contribution in [0.15, 0.2) is 30.3 Å². The first-order chi connectivity index (χ1) is 12.3. The zero-order chi connectivity index (χ0) is 17.1. The Morgan fingerprint density at radius 1 is 1.04 bits per heavy atom. The number of halogens is 1. The second kappa shape index (κ2) is 9.09. The average molecular weight is 378 g/mol. The Morgan fingerprint density at radius 3 is 2.62 bits per heavy atom. The maximum atomic E-state index is 5.81. The molecule has 0 saturated carbocycles. The van der Waals surface area contributed by atoms with Gasteiger partial charge in [0.25, 0.3) is 0 Å². The summed E-state index contributed by atoms with van der Waals surface area (Å²) in [4.78, 5) is 0. The van der Waals surface area contributed by atoms with E-state index in [1.807, 2.05) is 6.07 Å². The van der Waals surface area contributed by atoms with Gasteiger partial charge in [0.1, 0.15) is 0 Å². The Kier molecular flexibility index (Phi) is 6.82. The predicted molar refractivity (Wildman–Crippen MR) is 101 cm³/mol. The molecular weight excluding hydrogens is 346 g/mol. The largest absolute Gasteiger partial charge is 1.00 e. The normalized spacial score (nSPS) is 29.4. The minimum Gasteiger partial charge on any atom is -1.00 e. The third-order valence-electron chi connectivity index (χ3n) is 5.99. The summed E-state index contributed by atoms with van der Waals surface area (Å²) in [5.41, 5.74) is 1.27. The zero-order valence-electron chi connectivity index (χ0n) is 15.8. The Balaban J connectivity index is 0.00000196. The Morgan fingerprint density at radius 2 is 1.81 bits per heavy atom. The molecule has 0 radical (unpaired) electrons. The molecule has 0 unspecified atom stereocenters. The zero-order valence-corrected chi connectivity index (χ0v) is 16.5. The van der Waals surface area contributed by atoms with E-state index in [0.717, 1.165) is 31.7 Å². The van der Waals surface area contributed by atoms with Crippen molar-refractivity contribution < 1.29 is 21.7 Å². The highest BCUT2D eigenvalue weighted by Crippen LogP contribution is 2.31. The van der Waals surface area contributed by atoms with Gasteiger partial charge in [-0.3, -0.25) is 15.2 Å². The van der Waals surface area contributed by atoms with Crippen LogP contribution in [0.3, 0.4) is 0 Å². The summed E-state index contributed by atoms with van der Waals surface area (Å²) in [7, 11) is 0. The van der Waals surface area contributed by atoms with Gasteiger partial charge in [0.05, 0.1) is 30.8 Å². The van der Waals surface area contributed by atoms with Crippen LogP contribution in [0.4, 0.5) is 0 Å². The van der Waals surface area contributed by atoms with Gasteiger partial charge in [0.15, 0.2) is 0 Å². The molecule has 0 amide bonds. The van der Waals surface area contributed by atoms with Crippen molar-refractivity contribution >= 4 is 5.96 Å².